The average Bonchev–Trinajstić information content (AvgIpc) is 2.62. The molecule has 0 fully saturated rings. The Morgan fingerprint density at radius 1 is 0.846 bits per heavy atom. The normalized spacial score (nSPS) is 20.7. The molecule has 26 heavy (non-hydrogen) atoms. The molecule has 0 bridgehead atoms. The molecule has 2 aromatic carbocycles. The van der Waals surface area contributed by atoms with Crippen molar-refractivity contribution < 1.29 is 9.47 Å². The number of fused-ring (bicyclic) bond motifs is 1. The van der Waals surface area contributed by atoms with E-state index in [-0.39, 0.29) is 5.41 Å². The Morgan fingerprint density at radius 3 is 2.31 bits per heavy atom. The highest BCUT2D eigenvalue weighted by Gasteiger charge is 2.44. The fourth-order valence-electron chi connectivity index (χ4n) is 3.99. The molecule has 0 radical (unpaired) electrons. The van der Waals surface area contributed by atoms with Crippen LogP contribution in [0.15, 0.2) is 72.9 Å². The third kappa shape index (κ3) is 2.94. The molecule has 3 aromatic rings. The van der Waals surface area contributed by atoms with Crippen molar-refractivity contribution in [3.8, 4) is 17.4 Å². The summed E-state index contributed by atoms with van der Waals surface area (Å²) in [6.45, 7) is 6.69. The van der Waals surface area contributed by atoms with Crippen LogP contribution in [-0.2, 0) is 11.0 Å². The molecular weight excluding hydrogens is 322 g/mol. The monoisotopic (exact) mass is 345 g/mol. The molecule has 0 saturated carbocycles. The second-order valence-electron chi connectivity index (χ2n) is 7.66. The summed E-state index contributed by atoms with van der Waals surface area (Å²) < 4.78 is 12.6. The van der Waals surface area contributed by atoms with Crippen LogP contribution < -0.4 is 9.47 Å². The van der Waals surface area contributed by atoms with Crippen molar-refractivity contribution >= 4 is 0 Å². The first-order valence-electron chi connectivity index (χ1n) is 8.95. The third-order valence-electron chi connectivity index (χ3n) is 5.04. The van der Waals surface area contributed by atoms with Gasteiger partial charge < -0.3 is 9.47 Å². The van der Waals surface area contributed by atoms with E-state index in [0.717, 1.165) is 23.5 Å². The summed E-state index contributed by atoms with van der Waals surface area (Å²) in [5.74, 6) is 2.31. The zero-order valence-corrected chi connectivity index (χ0v) is 15.4. The minimum absolute atomic E-state index is 0.00169. The van der Waals surface area contributed by atoms with Crippen LogP contribution in [-0.4, -0.2) is 4.98 Å². The summed E-state index contributed by atoms with van der Waals surface area (Å²) in [6.07, 6.45) is 2.59. The van der Waals surface area contributed by atoms with Crippen molar-refractivity contribution in [3.63, 3.8) is 0 Å². The largest absolute Gasteiger partial charge is 0.482 e. The summed E-state index contributed by atoms with van der Waals surface area (Å²) in [5, 5.41) is 0. The predicted molar refractivity (Wildman–Crippen MR) is 103 cm³/mol. The van der Waals surface area contributed by atoms with Crippen molar-refractivity contribution in [1.29, 1.82) is 0 Å². The lowest BCUT2D eigenvalue weighted by molar-refractivity contribution is 0.0307. The van der Waals surface area contributed by atoms with E-state index in [4.69, 9.17) is 9.47 Å². The van der Waals surface area contributed by atoms with Crippen LogP contribution in [0.2, 0.25) is 0 Å². The van der Waals surface area contributed by atoms with E-state index >= 15 is 0 Å². The van der Waals surface area contributed by atoms with E-state index in [1.54, 1.807) is 6.20 Å². The first kappa shape index (κ1) is 16.6. The van der Waals surface area contributed by atoms with E-state index in [1.807, 2.05) is 42.5 Å². The minimum atomic E-state index is -0.483. The quantitative estimate of drug-likeness (QED) is 0.597. The van der Waals surface area contributed by atoms with Crippen molar-refractivity contribution in [3.05, 3.63) is 84.1 Å². The number of ether oxygens (including phenoxy) is 2. The number of hydrogen-bond donors (Lipinski definition) is 0. The topological polar surface area (TPSA) is 31.4 Å². The van der Waals surface area contributed by atoms with Crippen molar-refractivity contribution in [1.82, 2.24) is 4.98 Å². The smallest absolute Gasteiger partial charge is 0.219 e. The van der Waals surface area contributed by atoms with E-state index < -0.39 is 5.60 Å². The SMILES string of the molecule is CC1(C)CC(C)(c2ccccc2Oc2ccccn2)Oc2ccccc21. The Bertz CT molecular complexity index is 920. The zero-order valence-electron chi connectivity index (χ0n) is 15.4. The van der Waals surface area contributed by atoms with Gasteiger partial charge in [-0.15, -0.1) is 0 Å². The van der Waals surface area contributed by atoms with Crippen molar-refractivity contribution in [2.75, 3.05) is 0 Å². The predicted octanol–water partition coefficient (Wildman–Crippen LogP) is 5.85. The number of rotatable bonds is 3. The van der Waals surface area contributed by atoms with Gasteiger partial charge in [0.15, 0.2) is 0 Å². The number of benzene rings is 2. The van der Waals surface area contributed by atoms with Gasteiger partial charge in [-0.2, -0.15) is 0 Å². The van der Waals surface area contributed by atoms with Gasteiger partial charge in [-0.3, -0.25) is 0 Å². The van der Waals surface area contributed by atoms with E-state index in [2.05, 4.69) is 50.0 Å². The maximum Gasteiger partial charge on any atom is 0.219 e. The number of hydrogen-bond acceptors (Lipinski definition) is 3. The average molecular weight is 345 g/mol. The molecule has 132 valence electrons. The fraction of sp³-hybridized carbons (Fsp3) is 0.261. The van der Waals surface area contributed by atoms with E-state index in [1.165, 1.54) is 5.56 Å². The second kappa shape index (κ2) is 6.17. The molecule has 4 rings (SSSR count). The van der Waals surface area contributed by atoms with Crippen LogP contribution in [0, 0.1) is 0 Å². The van der Waals surface area contributed by atoms with Gasteiger partial charge in [-0.1, -0.05) is 56.3 Å². The highest BCUT2D eigenvalue weighted by atomic mass is 16.5. The summed E-state index contributed by atoms with van der Waals surface area (Å²) >= 11 is 0. The van der Waals surface area contributed by atoms with Crippen LogP contribution in [0.3, 0.4) is 0 Å². The second-order valence-corrected chi connectivity index (χ2v) is 7.66. The molecule has 0 amide bonds. The van der Waals surface area contributed by atoms with Gasteiger partial charge in [0.05, 0.1) is 0 Å². The van der Waals surface area contributed by atoms with Crippen LogP contribution in [0.4, 0.5) is 0 Å². The number of nitrogens with zero attached hydrogens (tertiary/aromatic N) is 1. The fourth-order valence-corrected chi connectivity index (χ4v) is 3.99. The van der Waals surface area contributed by atoms with Crippen molar-refractivity contribution in [2.24, 2.45) is 0 Å². The highest BCUT2D eigenvalue weighted by Crippen LogP contribution is 2.50. The highest BCUT2D eigenvalue weighted by molar-refractivity contribution is 5.47. The Kier molecular flexibility index (Phi) is 3.95. The van der Waals surface area contributed by atoms with E-state index in [0.29, 0.717) is 5.88 Å². The molecule has 0 N–H and O–H groups in total. The zero-order chi connectivity index (χ0) is 18.2. The molecule has 0 saturated heterocycles. The lowest BCUT2D eigenvalue weighted by Crippen LogP contribution is -2.41. The van der Waals surface area contributed by atoms with Crippen LogP contribution in [0.25, 0.3) is 0 Å². The first-order valence-corrected chi connectivity index (χ1v) is 8.95. The number of aromatic nitrogens is 1. The van der Waals surface area contributed by atoms with Crippen molar-refractivity contribution in [2.45, 2.75) is 38.2 Å². The van der Waals surface area contributed by atoms with Gasteiger partial charge >= 0.3 is 0 Å². The van der Waals surface area contributed by atoms with Gasteiger partial charge in [0, 0.05) is 24.2 Å². The molecule has 0 aliphatic carbocycles. The molecular formula is C23H23NO2. The summed E-state index contributed by atoms with van der Waals surface area (Å²) in [4.78, 5) is 4.28. The molecule has 1 aromatic heterocycles. The van der Waals surface area contributed by atoms with Gasteiger partial charge in [0.1, 0.15) is 17.1 Å². The Morgan fingerprint density at radius 2 is 1.54 bits per heavy atom. The Labute approximate surface area is 154 Å². The first-order chi connectivity index (χ1) is 12.5. The standard InChI is InChI=1S/C23H23NO2/c1-22(2)16-23(3,26-20-13-7-4-10-17(20)22)18-11-5-6-12-19(18)25-21-14-8-9-15-24-21/h4-15H,16H2,1-3H3. The number of para-hydroxylation sites is 2. The lowest BCUT2D eigenvalue weighted by atomic mass is 9.71. The van der Waals surface area contributed by atoms with Gasteiger partial charge in [-0.05, 0) is 36.1 Å². The molecule has 3 nitrogen and oxygen atoms in total. The molecule has 0 spiro atoms. The maximum absolute atomic E-state index is 6.52. The Hall–Kier alpha value is -2.81. The third-order valence-corrected chi connectivity index (χ3v) is 5.04. The summed E-state index contributed by atoms with van der Waals surface area (Å²) in [7, 11) is 0. The molecule has 1 unspecified atom stereocenters. The van der Waals surface area contributed by atoms with Crippen LogP contribution in [0.1, 0.15) is 38.3 Å². The summed E-state index contributed by atoms with van der Waals surface area (Å²) in [6, 6.07) is 22.0. The van der Waals surface area contributed by atoms with Gasteiger partial charge in [0.2, 0.25) is 5.88 Å². The molecule has 2 heterocycles. The summed E-state index contributed by atoms with van der Waals surface area (Å²) in [5.41, 5.74) is 1.80. The van der Waals surface area contributed by atoms with Crippen LogP contribution in [0.5, 0.6) is 17.4 Å². The van der Waals surface area contributed by atoms with Gasteiger partial charge in [-0.25, -0.2) is 4.98 Å². The molecule has 1 aliphatic rings. The minimum Gasteiger partial charge on any atom is -0.482 e. The molecule has 1 atom stereocenters. The van der Waals surface area contributed by atoms with Crippen LogP contribution >= 0.6 is 0 Å². The molecule has 3 heteroatoms. The number of pyridine rings is 1. The van der Waals surface area contributed by atoms with E-state index in [9.17, 15) is 0 Å². The van der Waals surface area contributed by atoms with Gasteiger partial charge in [0.25, 0.3) is 0 Å². The molecule has 1 aliphatic heterocycles. The lowest BCUT2D eigenvalue weighted by Gasteiger charge is -2.44. The Balaban J connectivity index is 1.76. The maximum atomic E-state index is 6.52.